The van der Waals surface area contributed by atoms with Gasteiger partial charge in [-0.3, -0.25) is 9.69 Å². The van der Waals surface area contributed by atoms with Gasteiger partial charge in [-0.1, -0.05) is 18.2 Å². The number of benzene rings is 1. The first-order valence-corrected chi connectivity index (χ1v) is 10.5. The molecule has 6 nitrogen and oxygen atoms in total. The van der Waals surface area contributed by atoms with E-state index in [-0.39, 0.29) is 11.9 Å². The van der Waals surface area contributed by atoms with Gasteiger partial charge < -0.3 is 15.1 Å². The fourth-order valence-electron chi connectivity index (χ4n) is 2.91. The molecular weight excluding hydrogens is 348 g/mol. The van der Waals surface area contributed by atoms with Gasteiger partial charge in [0.1, 0.15) is 0 Å². The first-order chi connectivity index (χ1) is 12.5. The Morgan fingerprint density at radius 2 is 1.85 bits per heavy atom. The van der Waals surface area contributed by atoms with Crippen LogP contribution in [0.15, 0.2) is 24.3 Å². The maximum Gasteiger partial charge on any atom is 0.321 e. The molecule has 0 radical (unpaired) electrons. The van der Waals surface area contributed by atoms with Gasteiger partial charge in [0, 0.05) is 64.7 Å². The van der Waals surface area contributed by atoms with E-state index < -0.39 is 0 Å². The third-order valence-corrected chi connectivity index (χ3v) is 5.23. The number of carbonyl (C=O) groups excluding carboxylic acids is 2. The van der Waals surface area contributed by atoms with Crippen LogP contribution in [0.25, 0.3) is 0 Å². The molecule has 1 aromatic carbocycles. The lowest BCUT2D eigenvalue weighted by molar-refractivity contribution is -0.128. The summed E-state index contributed by atoms with van der Waals surface area (Å²) < 4.78 is 0. The number of nitrogens with zero attached hydrogens (tertiary/aromatic N) is 3. The van der Waals surface area contributed by atoms with Crippen molar-refractivity contribution in [1.82, 2.24) is 14.7 Å². The predicted molar refractivity (Wildman–Crippen MR) is 109 cm³/mol. The van der Waals surface area contributed by atoms with E-state index in [1.807, 2.05) is 40.9 Å². The van der Waals surface area contributed by atoms with Crippen molar-refractivity contribution in [2.24, 2.45) is 0 Å². The summed E-state index contributed by atoms with van der Waals surface area (Å²) in [5.41, 5.74) is 1.79. The van der Waals surface area contributed by atoms with Crippen molar-refractivity contribution in [2.45, 2.75) is 12.8 Å². The van der Waals surface area contributed by atoms with Gasteiger partial charge >= 0.3 is 6.03 Å². The van der Waals surface area contributed by atoms with Crippen LogP contribution in [-0.2, 0) is 11.2 Å². The summed E-state index contributed by atoms with van der Waals surface area (Å²) in [4.78, 5) is 30.3. The van der Waals surface area contributed by atoms with Crippen molar-refractivity contribution in [2.75, 3.05) is 64.1 Å². The molecule has 3 amide bonds. The molecule has 0 atom stereocenters. The van der Waals surface area contributed by atoms with E-state index in [1.54, 1.807) is 19.0 Å². The summed E-state index contributed by atoms with van der Waals surface area (Å²) in [5.74, 6) is 1.22. The topological polar surface area (TPSA) is 55.9 Å². The minimum absolute atomic E-state index is 0.0547. The minimum atomic E-state index is -0.0547. The quantitative estimate of drug-likeness (QED) is 0.790. The van der Waals surface area contributed by atoms with Crippen LogP contribution >= 0.6 is 11.8 Å². The van der Waals surface area contributed by atoms with Crippen molar-refractivity contribution < 1.29 is 9.59 Å². The Balaban J connectivity index is 1.88. The van der Waals surface area contributed by atoms with Crippen LogP contribution in [0.1, 0.15) is 12.0 Å². The summed E-state index contributed by atoms with van der Waals surface area (Å²) >= 11 is 1.85. The van der Waals surface area contributed by atoms with Crippen molar-refractivity contribution in [1.29, 1.82) is 0 Å². The summed E-state index contributed by atoms with van der Waals surface area (Å²) in [7, 11) is 3.52. The normalized spacial score (nSPS) is 15.0. The van der Waals surface area contributed by atoms with Gasteiger partial charge in [-0.15, -0.1) is 0 Å². The van der Waals surface area contributed by atoms with Crippen LogP contribution in [0.2, 0.25) is 0 Å². The third-order valence-electron chi connectivity index (χ3n) is 4.64. The van der Waals surface area contributed by atoms with Crippen molar-refractivity contribution >= 4 is 29.4 Å². The monoisotopic (exact) mass is 378 g/mol. The number of piperazine rings is 1. The molecule has 1 aliphatic rings. The van der Waals surface area contributed by atoms with Gasteiger partial charge in [-0.05, 0) is 24.3 Å². The van der Waals surface area contributed by atoms with Crippen LogP contribution in [0, 0.1) is 0 Å². The molecule has 1 aliphatic heterocycles. The predicted octanol–water partition coefficient (Wildman–Crippen LogP) is 2.22. The third kappa shape index (κ3) is 6.21. The van der Waals surface area contributed by atoms with E-state index in [4.69, 9.17) is 0 Å². The molecule has 2 rings (SSSR count). The molecule has 0 bridgehead atoms. The molecule has 0 spiro atoms. The number of hydrogen-bond acceptors (Lipinski definition) is 4. The van der Waals surface area contributed by atoms with Crippen LogP contribution in [0.5, 0.6) is 0 Å². The molecule has 1 N–H and O–H groups in total. The number of thioether (sulfide) groups is 1. The first-order valence-electron chi connectivity index (χ1n) is 9.06. The van der Waals surface area contributed by atoms with E-state index in [0.29, 0.717) is 12.8 Å². The summed E-state index contributed by atoms with van der Waals surface area (Å²) in [6.07, 6.45) is 3.18. The van der Waals surface area contributed by atoms with E-state index in [0.717, 1.165) is 49.7 Å². The van der Waals surface area contributed by atoms with E-state index >= 15 is 0 Å². The van der Waals surface area contributed by atoms with Gasteiger partial charge in [0.2, 0.25) is 5.91 Å². The van der Waals surface area contributed by atoms with Crippen molar-refractivity contribution in [3.05, 3.63) is 29.8 Å². The highest BCUT2D eigenvalue weighted by molar-refractivity contribution is 7.98. The van der Waals surface area contributed by atoms with Gasteiger partial charge in [-0.2, -0.15) is 11.8 Å². The van der Waals surface area contributed by atoms with Crippen LogP contribution in [-0.4, -0.2) is 85.5 Å². The van der Waals surface area contributed by atoms with Crippen molar-refractivity contribution in [3.63, 3.8) is 0 Å². The zero-order chi connectivity index (χ0) is 18.9. The molecule has 1 aromatic rings. The zero-order valence-corrected chi connectivity index (χ0v) is 16.8. The Labute approximate surface area is 160 Å². The second kappa shape index (κ2) is 10.4. The van der Waals surface area contributed by atoms with Crippen LogP contribution in [0.3, 0.4) is 0 Å². The maximum atomic E-state index is 12.6. The summed E-state index contributed by atoms with van der Waals surface area (Å²) in [5, 5.41) is 3.03. The Morgan fingerprint density at radius 1 is 1.15 bits per heavy atom. The molecule has 1 saturated heterocycles. The van der Waals surface area contributed by atoms with E-state index in [1.165, 1.54) is 0 Å². The number of rotatable bonds is 7. The maximum absolute atomic E-state index is 12.6. The largest absolute Gasteiger partial charge is 0.349 e. The lowest BCUT2D eigenvalue weighted by Crippen LogP contribution is -2.50. The average molecular weight is 379 g/mol. The van der Waals surface area contributed by atoms with E-state index in [9.17, 15) is 9.59 Å². The molecule has 0 unspecified atom stereocenters. The standard InChI is InChI=1S/C19H30N4O2S/c1-21(2)18(24)9-8-16-6-4-5-7-17(16)20-19(25)23-12-10-22(11-13-23)14-15-26-3/h4-7H,8-15H2,1-3H3,(H,20,25). The molecule has 144 valence electrons. The van der Waals surface area contributed by atoms with E-state index in [2.05, 4.69) is 16.5 Å². The second-order valence-electron chi connectivity index (χ2n) is 6.70. The molecular formula is C19H30N4O2S. The lowest BCUT2D eigenvalue weighted by Gasteiger charge is -2.34. The Morgan fingerprint density at radius 3 is 2.50 bits per heavy atom. The van der Waals surface area contributed by atoms with Crippen LogP contribution in [0.4, 0.5) is 10.5 Å². The number of amides is 3. The number of para-hydroxylation sites is 1. The van der Waals surface area contributed by atoms with Gasteiger partial charge in [0.15, 0.2) is 0 Å². The molecule has 0 aromatic heterocycles. The Kier molecular flexibility index (Phi) is 8.25. The highest BCUT2D eigenvalue weighted by Crippen LogP contribution is 2.18. The van der Waals surface area contributed by atoms with Gasteiger partial charge in [-0.25, -0.2) is 4.79 Å². The fourth-order valence-corrected chi connectivity index (χ4v) is 3.36. The highest BCUT2D eigenvalue weighted by Gasteiger charge is 2.21. The highest BCUT2D eigenvalue weighted by atomic mass is 32.2. The zero-order valence-electron chi connectivity index (χ0n) is 16.0. The van der Waals surface area contributed by atoms with Crippen molar-refractivity contribution in [3.8, 4) is 0 Å². The lowest BCUT2D eigenvalue weighted by atomic mass is 10.1. The van der Waals surface area contributed by atoms with Crippen LogP contribution < -0.4 is 5.32 Å². The van der Waals surface area contributed by atoms with Gasteiger partial charge in [0.25, 0.3) is 0 Å². The number of carbonyl (C=O) groups is 2. The average Bonchev–Trinajstić information content (AvgIpc) is 2.65. The number of urea groups is 1. The number of hydrogen-bond donors (Lipinski definition) is 1. The minimum Gasteiger partial charge on any atom is -0.349 e. The number of anilines is 1. The fraction of sp³-hybridized carbons (Fsp3) is 0.579. The number of nitrogens with one attached hydrogen (secondary N) is 1. The Hall–Kier alpha value is -1.73. The molecule has 26 heavy (non-hydrogen) atoms. The molecule has 1 heterocycles. The smallest absolute Gasteiger partial charge is 0.321 e. The number of aryl methyl sites for hydroxylation is 1. The first kappa shape index (κ1) is 20.6. The second-order valence-corrected chi connectivity index (χ2v) is 7.68. The summed E-state index contributed by atoms with van der Waals surface area (Å²) in [6.45, 7) is 4.43. The SMILES string of the molecule is CSCCN1CCN(C(=O)Nc2ccccc2CCC(=O)N(C)C)CC1. The molecule has 7 heteroatoms. The molecule has 0 aliphatic carbocycles. The van der Waals surface area contributed by atoms with Gasteiger partial charge in [0.05, 0.1) is 0 Å². The molecule has 1 fully saturated rings. The summed E-state index contributed by atoms with van der Waals surface area (Å²) in [6, 6.07) is 7.67. The Bertz CT molecular complexity index is 601. The molecule has 0 saturated carbocycles.